The minimum absolute atomic E-state index is 0.0951. The number of rotatable bonds is 2. The molecule has 2 rings (SSSR count). The van der Waals surface area contributed by atoms with Crippen LogP contribution >= 0.6 is 0 Å². The molecule has 0 aliphatic rings. The summed E-state index contributed by atoms with van der Waals surface area (Å²) in [5, 5.41) is 0. The molecular formula is C12H14N4. The Morgan fingerprint density at radius 3 is 2.69 bits per heavy atom. The summed E-state index contributed by atoms with van der Waals surface area (Å²) in [4.78, 5) is 8.37. The Morgan fingerprint density at radius 1 is 1.25 bits per heavy atom. The smallest absolute Gasteiger partial charge is 0.123 e. The van der Waals surface area contributed by atoms with Crippen LogP contribution in [0.15, 0.2) is 36.7 Å². The van der Waals surface area contributed by atoms with E-state index in [1.807, 2.05) is 25.1 Å². The molecule has 2 aromatic rings. The van der Waals surface area contributed by atoms with Crippen LogP contribution in [-0.4, -0.2) is 9.97 Å². The van der Waals surface area contributed by atoms with Crippen LogP contribution in [0.5, 0.6) is 0 Å². The van der Waals surface area contributed by atoms with Crippen molar-refractivity contribution >= 4 is 5.82 Å². The van der Waals surface area contributed by atoms with Crippen molar-refractivity contribution in [1.29, 1.82) is 0 Å². The van der Waals surface area contributed by atoms with Crippen LogP contribution in [0.3, 0.4) is 0 Å². The van der Waals surface area contributed by atoms with Crippen LogP contribution in [0.4, 0.5) is 5.82 Å². The monoisotopic (exact) mass is 214 g/mol. The lowest BCUT2D eigenvalue weighted by molar-refractivity contribution is 0.818. The number of aromatic nitrogens is 2. The van der Waals surface area contributed by atoms with E-state index in [2.05, 4.69) is 9.97 Å². The summed E-state index contributed by atoms with van der Waals surface area (Å²) >= 11 is 0. The van der Waals surface area contributed by atoms with E-state index in [1.54, 1.807) is 18.5 Å². The van der Waals surface area contributed by atoms with Crippen LogP contribution in [0.1, 0.15) is 18.5 Å². The third-order valence-electron chi connectivity index (χ3n) is 2.39. The Kier molecular flexibility index (Phi) is 2.83. The maximum atomic E-state index is 5.91. The molecule has 0 bridgehead atoms. The van der Waals surface area contributed by atoms with Crippen molar-refractivity contribution in [1.82, 2.24) is 9.97 Å². The van der Waals surface area contributed by atoms with Gasteiger partial charge in [-0.05, 0) is 30.7 Å². The van der Waals surface area contributed by atoms with Crippen molar-refractivity contribution in [2.24, 2.45) is 5.73 Å². The maximum Gasteiger partial charge on any atom is 0.123 e. The van der Waals surface area contributed by atoms with Gasteiger partial charge in [0, 0.05) is 24.0 Å². The fourth-order valence-corrected chi connectivity index (χ4v) is 1.60. The van der Waals surface area contributed by atoms with Crippen molar-refractivity contribution in [3.05, 3.63) is 42.2 Å². The Hall–Kier alpha value is -1.94. The molecule has 82 valence electrons. The lowest BCUT2D eigenvalue weighted by Crippen LogP contribution is -2.08. The second kappa shape index (κ2) is 4.28. The van der Waals surface area contributed by atoms with Gasteiger partial charge in [0.2, 0.25) is 0 Å². The molecule has 4 heteroatoms. The molecule has 1 atom stereocenters. The largest absolute Gasteiger partial charge is 0.384 e. The van der Waals surface area contributed by atoms with Crippen LogP contribution in [0.2, 0.25) is 0 Å². The van der Waals surface area contributed by atoms with Crippen LogP contribution in [-0.2, 0) is 0 Å². The van der Waals surface area contributed by atoms with Crippen molar-refractivity contribution in [2.45, 2.75) is 13.0 Å². The number of nitrogens with two attached hydrogens (primary N) is 2. The highest BCUT2D eigenvalue weighted by Crippen LogP contribution is 2.25. The zero-order valence-corrected chi connectivity index (χ0v) is 9.09. The molecule has 0 saturated carbocycles. The van der Waals surface area contributed by atoms with Gasteiger partial charge in [-0.2, -0.15) is 0 Å². The number of hydrogen-bond donors (Lipinski definition) is 2. The molecule has 4 nitrogen and oxygen atoms in total. The van der Waals surface area contributed by atoms with Gasteiger partial charge in [-0.1, -0.05) is 6.07 Å². The standard InChI is InChI=1S/C12H14N4/c1-8(13)9-6-12(14)16-7-10(9)11-4-2-3-5-15-11/h2-8H,13H2,1H3,(H2,14,16). The molecule has 0 fully saturated rings. The zero-order valence-electron chi connectivity index (χ0n) is 9.09. The molecular weight excluding hydrogens is 200 g/mol. The van der Waals surface area contributed by atoms with Gasteiger partial charge < -0.3 is 11.5 Å². The molecule has 0 aliphatic carbocycles. The first-order chi connectivity index (χ1) is 7.68. The van der Waals surface area contributed by atoms with Gasteiger partial charge in [-0.3, -0.25) is 4.98 Å². The summed E-state index contributed by atoms with van der Waals surface area (Å²) in [6, 6.07) is 7.44. The first-order valence-corrected chi connectivity index (χ1v) is 5.11. The molecule has 0 aromatic carbocycles. The van der Waals surface area contributed by atoms with Crippen molar-refractivity contribution in [2.75, 3.05) is 5.73 Å². The average Bonchev–Trinajstić information content (AvgIpc) is 2.30. The second-order valence-electron chi connectivity index (χ2n) is 3.70. The fraction of sp³-hybridized carbons (Fsp3) is 0.167. The number of hydrogen-bond acceptors (Lipinski definition) is 4. The fourth-order valence-electron chi connectivity index (χ4n) is 1.60. The molecule has 0 radical (unpaired) electrons. The second-order valence-corrected chi connectivity index (χ2v) is 3.70. The Morgan fingerprint density at radius 2 is 2.06 bits per heavy atom. The van der Waals surface area contributed by atoms with E-state index in [9.17, 15) is 0 Å². The first-order valence-electron chi connectivity index (χ1n) is 5.11. The molecule has 2 heterocycles. The summed E-state index contributed by atoms with van der Waals surface area (Å²) in [6.45, 7) is 1.92. The van der Waals surface area contributed by atoms with Crippen molar-refractivity contribution < 1.29 is 0 Å². The molecule has 0 aliphatic heterocycles. The summed E-state index contributed by atoms with van der Waals surface area (Å²) in [7, 11) is 0. The minimum atomic E-state index is -0.0951. The van der Waals surface area contributed by atoms with E-state index in [0.717, 1.165) is 16.8 Å². The SMILES string of the molecule is CC(N)c1cc(N)ncc1-c1ccccn1. The van der Waals surface area contributed by atoms with E-state index in [-0.39, 0.29) is 6.04 Å². The van der Waals surface area contributed by atoms with E-state index >= 15 is 0 Å². The molecule has 0 amide bonds. The highest BCUT2D eigenvalue weighted by Gasteiger charge is 2.10. The molecule has 16 heavy (non-hydrogen) atoms. The molecule has 0 saturated heterocycles. The van der Waals surface area contributed by atoms with E-state index in [4.69, 9.17) is 11.5 Å². The minimum Gasteiger partial charge on any atom is -0.384 e. The third-order valence-corrected chi connectivity index (χ3v) is 2.39. The highest BCUT2D eigenvalue weighted by atomic mass is 14.8. The van der Waals surface area contributed by atoms with Crippen LogP contribution < -0.4 is 11.5 Å². The number of nitrogens with zero attached hydrogens (tertiary/aromatic N) is 2. The molecule has 0 spiro atoms. The summed E-state index contributed by atoms with van der Waals surface area (Å²) in [5.41, 5.74) is 14.3. The number of anilines is 1. The van der Waals surface area contributed by atoms with E-state index in [1.165, 1.54) is 0 Å². The van der Waals surface area contributed by atoms with E-state index < -0.39 is 0 Å². The van der Waals surface area contributed by atoms with Crippen LogP contribution in [0.25, 0.3) is 11.3 Å². The summed E-state index contributed by atoms with van der Waals surface area (Å²) in [6.07, 6.45) is 3.47. The van der Waals surface area contributed by atoms with E-state index in [0.29, 0.717) is 5.82 Å². The summed E-state index contributed by atoms with van der Waals surface area (Å²) in [5.74, 6) is 0.479. The maximum absolute atomic E-state index is 5.91. The van der Waals surface area contributed by atoms with Crippen molar-refractivity contribution in [3.63, 3.8) is 0 Å². The van der Waals surface area contributed by atoms with Crippen LogP contribution in [0, 0.1) is 0 Å². The predicted octanol–water partition coefficient (Wildman–Crippen LogP) is 1.75. The normalized spacial score (nSPS) is 12.4. The Labute approximate surface area is 94.3 Å². The Bertz CT molecular complexity index is 480. The van der Waals surface area contributed by atoms with Gasteiger partial charge in [-0.25, -0.2) is 4.98 Å². The zero-order chi connectivity index (χ0) is 11.5. The van der Waals surface area contributed by atoms with Gasteiger partial charge in [-0.15, -0.1) is 0 Å². The van der Waals surface area contributed by atoms with Gasteiger partial charge in [0.25, 0.3) is 0 Å². The lowest BCUT2D eigenvalue weighted by Gasteiger charge is -2.12. The molecule has 4 N–H and O–H groups in total. The predicted molar refractivity (Wildman–Crippen MR) is 64.5 cm³/mol. The number of nitrogen functional groups attached to an aromatic ring is 1. The Balaban J connectivity index is 2.57. The molecule has 2 aromatic heterocycles. The highest BCUT2D eigenvalue weighted by molar-refractivity contribution is 5.64. The topological polar surface area (TPSA) is 77.8 Å². The molecule has 1 unspecified atom stereocenters. The first kappa shape index (κ1) is 10.6. The van der Waals surface area contributed by atoms with Gasteiger partial charge in [0.15, 0.2) is 0 Å². The van der Waals surface area contributed by atoms with Gasteiger partial charge in [0.05, 0.1) is 5.69 Å². The third kappa shape index (κ3) is 2.01. The number of pyridine rings is 2. The van der Waals surface area contributed by atoms with Gasteiger partial charge in [0.1, 0.15) is 5.82 Å². The van der Waals surface area contributed by atoms with Gasteiger partial charge >= 0.3 is 0 Å². The summed E-state index contributed by atoms with van der Waals surface area (Å²) < 4.78 is 0. The quantitative estimate of drug-likeness (QED) is 0.798. The average molecular weight is 214 g/mol. The lowest BCUT2D eigenvalue weighted by atomic mass is 10.0. The van der Waals surface area contributed by atoms with Crippen molar-refractivity contribution in [3.8, 4) is 11.3 Å².